The Bertz CT molecular complexity index is 1220. The Labute approximate surface area is 173 Å². The fourth-order valence-electron chi connectivity index (χ4n) is 3.53. The summed E-state index contributed by atoms with van der Waals surface area (Å²) in [6, 6.07) is 16.7. The molecule has 30 heavy (non-hydrogen) atoms. The monoisotopic (exact) mass is 405 g/mol. The Morgan fingerprint density at radius 3 is 2.70 bits per heavy atom. The molecule has 0 saturated carbocycles. The van der Waals surface area contributed by atoms with Gasteiger partial charge in [0.2, 0.25) is 0 Å². The van der Waals surface area contributed by atoms with Gasteiger partial charge in [-0.1, -0.05) is 18.2 Å². The number of amides is 1. The molecule has 3 aromatic carbocycles. The number of fused-ring (bicyclic) bond motifs is 2. The first-order valence-corrected chi connectivity index (χ1v) is 9.62. The third-order valence-corrected chi connectivity index (χ3v) is 4.99. The summed E-state index contributed by atoms with van der Waals surface area (Å²) < 4.78 is 12.1. The van der Waals surface area contributed by atoms with Crippen LogP contribution >= 0.6 is 0 Å². The van der Waals surface area contributed by atoms with Gasteiger partial charge in [-0.25, -0.2) is 0 Å². The summed E-state index contributed by atoms with van der Waals surface area (Å²) in [6.45, 7) is 0.334. The van der Waals surface area contributed by atoms with Crippen LogP contribution in [0.4, 0.5) is 5.69 Å². The van der Waals surface area contributed by atoms with Crippen LogP contribution in [0, 0.1) is 0 Å². The Morgan fingerprint density at radius 2 is 1.90 bits per heavy atom. The minimum atomic E-state index is -0.271. The van der Waals surface area contributed by atoms with E-state index >= 15 is 0 Å². The number of nitrogens with one attached hydrogen (secondary N) is 1. The van der Waals surface area contributed by atoms with Crippen LogP contribution in [-0.2, 0) is 11.2 Å². The Hall–Kier alpha value is -3.71. The first-order valence-electron chi connectivity index (χ1n) is 9.62. The van der Waals surface area contributed by atoms with E-state index < -0.39 is 0 Å². The fourth-order valence-corrected chi connectivity index (χ4v) is 3.53. The van der Waals surface area contributed by atoms with Gasteiger partial charge in [0.1, 0.15) is 11.5 Å². The van der Waals surface area contributed by atoms with Crippen LogP contribution in [0.2, 0.25) is 0 Å². The molecule has 0 atom stereocenters. The second-order valence-electron chi connectivity index (χ2n) is 6.95. The first-order chi connectivity index (χ1) is 14.6. The number of nitrogens with zero attached hydrogens (tertiary/aromatic N) is 1. The zero-order chi connectivity index (χ0) is 21.1. The maximum atomic E-state index is 12.5. The van der Waals surface area contributed by atoms with Gasteiger partial charge >= 0.3 is 0 Å². The molecule has 0 bridgehead atoms. The number of carbonyl (C=O) groups excluding carboxylic acids is 1. The van der Waals surface area contributed by atoms with Crippen molar-refractivity contribution in [3.8, 4) is 11.5 Å². The van der Waals surface area contributed by atoms with Gasteiger partial charge in [-0.15, -0.1) is 0 Å². The van der Waals surface area contributed by atoms with Crippen molar-refractivity contribution in [1.82, 2.24) is 4.73 Å². The highest BCUT2D eigenvalue weighted by molar-refractivity contribution is 6.03. The van der Waals surface area contributed by atoms with Gasteiger partial charge in [-0.2, -0.15) is 4.73 Å². The predicted molar refractivity (Wildman–Crippen MR) is 117 cm³/mol. The Balaban J connectivity index is 1.49. The zero-order valence-electron chi connectivity index (χ0n) is 16.6. The van der Waals surface area contributed by atoms with Gasteiger partial charge in [-0.05, 0) is 60.3 Å². The summed E-state index contributed by atoms with van der Waals surface area (Å²) in [5.41, 5.74) is 7.93. The zero-order valence-corrected chi connectivity index (χ0v) is 16.6. The quantitative estimate of drug-likeness (QED) is 0.408. The largest absolute Gasteiger partial charge is 0.497 e. The number of hydrogen-bond acceptors (Lipinski definition) is 5. The third-order valence-electron chi connectivity index (χ3n) is 4.99. The fraction of sp³-hybridized carbons (Fsp3) is 0.174. The highest BCUT2D eigenvalue weighted by atomic mass is 16.5. The molecule has 1 heterocycles. The number of benzene rings is 3. The number of nitrogens with two attached hydrogens (primary N) is 1. The first kappa shape index (κ1) is 19.6. The van der Waals surface area contributed by atoms with E-state index in [2.05, 4.69) is 5.32 Å². The number of anilines is 1. The van der Waals surface area contributed by atoms with Crippen molar-refractivity contribution in [3.63, 3.8) is 0 Å². The van der Waals surface area contributed by atoms with Crippen LogP contribution in [-0.4, -0.2) is 36.1 Å². The minimum Gasteiger partial charge on any atom is -0.497 e. The SMILES string of the molecule is COc1ccc2cccc(NC(=O)COc3ccc4c(c3)c(CCN)cn4O)c2c1. The highest BCUT2D eigenvalue weighted by Crippen LogP contribution is 2.28. The molecule has 4 aromatic rings. The molecule has 0 radical (unpaired) electrons. The van der Waals surface area contributed by atoms with E-state index in [9.17, 15) is 10.0 Å². The van der Waals surface area contributed by atoms with E-state index in [0.717, 1.165) is 32.2 Å². The maximum absolute atomic E-state index is 12.5. The molecular weight excluding hydrogens is 382 g/mol. The van der Waals surface area contributed by atoms with Crippen molar-refractivity contribution < 1.29 is 19.5 Å². The molecular formula is C23H23N3O4. The smallest absolute Gasteiger partial charge is 0.262 e. The minimum absolute atomic E-state index is 0.141. The summed E-state index contributed by atoms with van der Waals surface area (Å²) >= 11 is 0. The van der Waals surface area contributed by atoms with Crippen molar-refractivity contribution in [3.05, 3.63) is 66.4 Å². The van der Waals surface area contributed by atoms with Crippen molar-refractivity contribution in [2.24, 2.45) is 5.73 Å². The van der Waals surface area contributed by atoms with Gasteiger partial charge < -0.3 is 25.7 Å². The summed E-state index contributed by atoms with van der Waals surface area (Å²) in [6.07, 6.45) is 2.28. The van der Waals surface area contributed by atoms with E-state index in [-0.39, 0.29) is 12.5 Å². The molecule has 0 aliphatic rings. The Kier molecular flexibility index (Phi) is 5.45. The molecule has 154 valence electrons. The molecule has 0 aliphatic carbocycles. The summed E-state index contributed by atoms with van der Waals surface area (Å²) in [7, 11) is 1.61. The Morgan fingerprint density at radius 1 is 1.10 bits per heavy atom. The molecule has 0 fully saturated rings. The van der Waals surface area contributed by atoms with Crippen LogP contribution < -0.4 is 20.5 Å². The van der Waals surface area contributed by atoms with E-state index in [0.29, 0.717) is 29.9 Å². The van der Waals surface area contributed by atoms with Gasteiger partial charge in [0.15, 0.2) is 6.61 Å². The number of methoxy groups -OCH3 is 1. The lowest BCUT2D eigenvalue weighted by Gasteiger charge is -2.11. The molecule has 0 saturated heterocycles. The number of ether oxygens (including phenoxy) is 2. The molecule has 1 amide bonds. The second-order valence-corrected chi connectivity index (χ2v) is 6.95. The van der Waals surface area contributed by atoms with E-state index in [1.165, 1.54) is 0 Å². The molecule has 4 rings (SSSR count). The van der Waals surface area contributed by atoms with Crippen molar-refractivity contribution >= 4 is 33.3 Å². The molecule has 4 N–H and O–H groups in total. The topological polar surface area (TPSA) is 98.7 Å². The molecule has 0 spiro atoms. The normalized spacial score (nSPS) is 11.0. The van der Waals surface area contributed by atoms with Crippen LogP contribution in [0.25, 0.3) is 21.7 Å². The predicted octanol–water partition coefficient (Wildman–Crippen LogP) is 3.56. The number of aromatic nitrogens is 1. The molecule has 7 heteroatoms. The van der Waals surface area contributed by atoms with E-state index in [1.54, 1.807) is 25.4 Å². The summed E-state index contributed by atoms with van der Waals surface area (Å²) in [4.78, 5) is 12.5. The summed E-state index contributed by atoms with van der Waals surface area (Å²) in [5.74, 6) is 0.992. The highest BCUT2D eigenvalue weighted by Gasteiger charge is 2.11. The molecule has 0 aliphatic heterocycles. The third kappa shape index (κ3) is 3.88. The van der Waals surface area contributed by atoms with Gasteiger partial charge in [0.05, 0.1) is 12.6 Å². The molecule has 7 nitrogen and oxygen atoms in total. The lowest BCUT2D eigenvalue weighted by molar-refractivity contribution is -0.118. The van der Waals surface area contributed by atoms with Crippen LogP contribution in [0.5, 0.6) is 11.5 Å². The molecule has 0 unspecified atom stereocenters. The van der Waals surface area contributed by atoms with Crippen LogP contribution in [0.3, 0.4) is 0 Å². The van der Waals surface area contributed by atoms with Crippen molar-refractivity contribution in [2.75, 3.05) is 25.6 Å². The van der Waals surface area contributed by atoms with E-state index in [4.69, 9.17) is 15.2 Å². The standard InChI is InChI=1S/C23H23N3O4/c1-29-17-6-5-15-3-2-4-21(19(15)11-17)25-23(27)14-30-18-7-8-22-20(12-18)16(9-10-24)13-26(22)28/h2-8,11-13,28H,9-10,14,24H2,1H3,(H,25,27). The average molecular weight is 405 g/mol. The summed E-state index contributed by atoms with van der Waals surface area (Å²) in [5, 5.41) is 15.6. The maximum Gasteiger partial charge on any atom is 0.262 e. The average Bonchev–Trinajstić information content (AvgIpc) is 3.07. The van der Waals surface area contributed by atoms with Gasteiger partial charge in [0, 0.05) is 22.7 Å². The van der Waals surface area contributed by atoms with Crippen LogP contribution in [0.1, 0.15) is 5.56 Å². The lowest BCUT2D eigenvalue weighted by atomic mass is 10.1. The second kappa shape index (κ2) is 8.34. The number of rotatable bonds is 7. The number of carbonyl (C=O) groups is 1. The van der Waals surface area contributed by atoms with Gasteiger partial charge in [0.25, 0.3) is 5.91 Å². The molecule has 1 aromatic heterocycles. The van der Waals surface area contributed by atoms with Crippen molar-refractivity contribution in [1.29, 1.82) is 0 Å². The van der Waals surface area contributed by atoms with Crippen LogP contribution in [0.15, 0.2) is 60.8 Å². The van der Waals surface area contributed by atoms with Crippen molar-refractivity contribution in [2.45, 2.75) is 6.42 Å². The number of hydrogen-bond donors (Lipinski definition) is 3. The van der Waals surface area contributed by atoms with Gasteiger partial charge in [-0.3, -0.25) is 4.79 Å². The lowest BCUT2D eigenvalue weighted by Crippen LogP contribution is -2.20. The van der Waals surface area contributed by atoms with E-state index in [1.807, 2.05) is 42.5 Å².